The summed E-state index contributed by atoms with van der Waals surface area (Å²) < 4.78 is 0.262. The van der Waals surface area contributed by atoms with Gasteiger partial charge in [-0.3, -0.25) is 4.99 Å². The fourth-order valence-corrected chi connectivity index (χ4v) is 3.74. The van der Waals surface area contributed by atoms with Gasteiger partial charge >= 0.3 is 0 Å². The number of likely N-dealkylation sites (tertiary alicyclic amines) is 1. The molecule has 1 saturated carbocycles. The molecule has 0 aromatic rings. The highest BCUT2D eigenvalue weighted by atomic mass is 127. The van der Waals surface area contributed by atoms with Crippen LogP contribution >= 0.6 is 35.7 Å². The van der Waals surface area contributed by atoms with Crippen molar-refractivity contribution in [3.63, 3.8) is 0 Å². The predicted octanol–water partition coefficient (Wildman–Crippen LogP) is 3.98. The summed E-state index contributed by atoms with van der Waals surface area (Å²) in [5.41, 5.74) is 0.602. The Bertz CT molecular complexity index is 351. The van der Waals surface area contributed by atoms with E-state index in [9.17, 15) is 0 Å². The average Bonchev–Trinajstić information content (AvgIpc) is 2.84. The molecular weight excluding hydrogens is 393 g/mol. The van der Waals surface area contributed by atoms with Crippen molar-refractivity contribution in [2.24, 2.45) is 10.4 Å². The Hall–Kier alpha value is 0.350. The molecule has 3 nitrogen and oxygen atoms in total. The third-order valence-corrected chi connectivity index (χ3v) is 6.34. The largest absolute Gasteiger partial charge is 0.355 e. The van der Waals surface area contributed by atoms with Gasteiger partial charge in [-0.25, -0.2) is 0 Å². The van der Waals surface area contributed by atoms with Gasteiger partial charge in [0.05, 0.1) is 0 Å². The highest BCUT2D eigenvalue weighted by molar-refractivity contribution is 14.0. The molecule has 0 amide bonds. The quantitative estimate of drug-likeness (QED) is 0.421. The first-order chi connectivity index (χ1) is 9.50. The molecule has 1 N–H and O–H groups in total. The van der Waals surface area contributed by atoms with Gasteiger partial charge in [-0.2, -0.15) is 11.8 Å². The van der Waals surface area contributed by atoms with E-state index < -0.39 is 0 Å². The standard InChI is InChI=1S/C16H31N3S.HI/c1-15(2,20-4)12-18-14(17-3)19-11-10-16(13-19)8-6-5-7-9-16;/h5-13H2,1-4H3,(H,17,18);1H. The summed E-state index contributed by atoms with van der Waals surface area (Å²) in [5.74, 6) is 1.11. The molecule has 1 saturated heterocycles. The van der Waals surface area contributed by atoms with Gasteiger partial charge in [-0.05, 0) is 44.8 Å². The molecule has 0 aromatic heterocycles. The van der Waals surface area contributed by atoms with Gasteiger partial charge in [0.2, 0.25) is 0 Å². The van der Waals surface area contributed by atoms with Crippen LogP contribution in [0.4, 0.5) is 0 Å². The van der Waals surface area contributed by atoms with Gasteiger partial charge in [0.1, 0.15) is 0 Å². The normalized spacial score (nSPS) is 22.3. The lowest BCUT2D eigenvalue weighted by Crippen LogP contribution is -2.45. The summed E-state index contributed by atoms with van der Waals surface area (Å²) in [6, 6.07) is 0. The van der Waals surface area contributed by atoms with Gasteiger partial charge in [0.15, 0.2) is 5.96 Å². The third-order valence-electron chi connectivity index (χ3n) is 5.09. The zero-order valence-corrected chi connectivity index (χ0v) is 17.2. The maximum atomic E-state index is 4.51. The predicted molar refractivity (Wildman–Crippen MR) is 106 cm³/mol. The number of halogens is 1. The molecule has 124 valence electrons. The highest BCUT2D eigenvalue weighted by Crippen LogP contribution is 2.43. The van der Waals surface area contributed by atoms with E-state index in [1.54, 1.807) is 0 Å². The van der Waals surface area contributed by atoms with Crippen LogP contribution in [0.2, 0.25) is 0 Å². The lowest BCUT2D eigenvalue weighted by atomic mass is 9.73. The van der Waals surface area contributed by atoms with Crippen LogP contribution in [0, 0.1) is 5.41 Å². The number of rotatable bonds is 3. The smallest absolute Gasteiger partial charge is 0.193 e. The van der Waals surface area contributed by atoms with E-state index in [-0.39, 0.29) is 28.7 Å². The van der Waals surface area contributed by atoms with E-state index in [1.165, 1.54) is 51.6 Å². The van der Waals surface area contributed by atoms with Crippen LogP contribution in [0.25, 0.3) is 0 Å². The van der Waals surface area contributed by atoms with E-state index >= 15 is 0 Å². The van der Waals surface area contributed by atoms with Gasteiger partial charge in [0, 0.05) is 31.4 Å². The number of hydrogen-bond donors (Lipinski definition) is 1. The molecule has 5 heteroatoms. The lowest BCUT2D eigenvalue weighted by molar-refractivity contribution is 0.203. The first-order valence-electron chi connectivity index (χ1n) is 8.01. The zero-order chi connectivity index (χ0) is 14.6. The van der Waals surface area contributed by atoms with Crippen LogP contribution in [0.5, 0.6) is 0 Å². The van der Waals surface area contributed by atoms with Crippen molar-refractivity contribution in [2.45, 2.75) is 57.1 Å². The average molecular weight is 425 g/mol. The zero-order valence-electron chi connectivity index (χ0n) is 14.1. The Morgan fingerprint density at radius 3 is 2.48 bits per heavy atom. The second-order valence-corrected chi connectivity index (χ2v) is 8.61. The molecule has 2 rings (SSSR count). The molecular formula is C16H32IN3S. The molecule has 1 heterocycles. The topological polar surface area (TPSA) is 27.6 Å². The number of aliphatic imine (C=N–C) groups is 1. The molecule has 1 aliphatic carbocycles. The summed E-state index contributed by atoms with van der Waals surface area (Å²) in [4.78, 5) is 7.00. The Morgan fingerprint density at radius 1 is 1.24 bits per heavy atom. The van der Waals surface area contributed by atoms with Crippen molar-refractivity contribution in [3.8, 4) is 0 Å². The maximum Gasteiger partial charge on any atom is 0.193 e. The third kappa shape index (κ3) is 5.19. The molecule has 1 spiro atoms. The fraction of sp³-hybridized carbons (Fsp3) is 0.938. The van der Waals surface area contributed by atoms with Gasteiger partial charge < -0.3 is 10.2 Å². The summed E-state index contributed by atoms with van der Waals surface area (Å²) in [6.45, 7) is 7.94. The Morgan fingerprint density at radius 2 is 1.90 bits per heavy atom. The Labute approximate surface area is 152 Å². The second-order valence-electron chi connectivity index (χ2n) is 7.10. The molecule has 0 atom stereocenters. The number of guanidine groups is 1. The Balaban J connectivity index is 0.00000220. The molecule has 1 aliphatic heterocycles. The molecule has 2 aliphatic rings. The van der Waals surface area contributed by atoms with E-state index in [2.05, 4.69) is 35.3 Å². The van der Waals surface area contributed by atoms with Crippen LogP contribution in [0.1, 0.15) is 52.4 Å². The maximum absolute atomic E-state index is 4.51. The van der Waals surface area contributed by atoms with Crippen molar-refractivity contribution in [1.29, 1.82) is 0 Å². The molecule has 0 bridgehead atoms. The minimum atomic E-state index is 0. The fourth-order valence-electron chi connectivity index (χ4n) is 3.52. The Kier molecular flexibility index (Phi) is 7.64. The van der Waals surface area contributed by atoms with Gasteiger partial charge in [0.25, 0.3) is 0 Å². The SMILES string of the molecule is CN=C(NCC(C)(C)SC)N1CCC2(CCCCC2)C1.I. The number of thioether (sulfide) groups is 1. The molecule has 2 fully saturated rings. The van der Waals surface area contributed by atoms with Crippen molar-refractivity contribution in [2.75, 3.05) is 32.9 Å². The molecule has 0 aromatic carbocycles. The van der Waals surface area contributed by atoms with Crippen molar-refractivity contribution >= 4 is 41.7 Å². The van der Waals surface area contributed by atoms with Crippen molar-refractivity contribution in [1.82, 2.24) is 10.2 Å². The van der Waals surface area contributed by atoms with E-state index in [0.29, 0.717) is 5.41 Å². The summed E-state index contributed by atoms with van der Waals surface area (Å²) in [6.07, 6.45) is 10.7. The summed E-state index contributed by atoms with van der Waals surface area (Å²) >= 11 is 1.91. The monoisotopic (exact) mass is 425 g/mol. The number of nitrogens with zero attached hydrogens (tertiary/aromatic N) is 2. The van der Waals surface area contributed by atoms with Crippen molar-refractivity contribution < 1.29 is 0 Å². The van der Waals surface area contributed by atoms with Gasteiger partial charge in [-0.1, -0.05) is 19.3 Å². The minimum Gasteiger partial charge on any atom is -0.355 e. The van der Waals surface area contributed by atoms with E-state index in [1.807, 2.05) is 18.8 Å². The van der Waals surface area contributed by atoms with Gasteiger partial charge in [-0.15, -0.1) is 24.0 Å². The van der Waals surface area contributed by atoms with Crippen molar-refractivity contribution in [3.05, 3.63) is 0 Å². The van der Waals surface area contributed by atoms with E-state index in [4.69, 9.17) is 0 Å². The first-order valence-corrected chi connectivity index (χ1v) is 9.24. The van der Waals surface area contributed by atoms with Crippen LogP contribution < -0.4 is 5.32 Å². The lowest BCUT2D eigenvalue weighted by Gasteiger charge is -2.34. The number of hydrogen-bond acceptors (Lipinski definition) is 2. The first kappa shape index (κ1) is 19.4. The van der Waals surface area contributed by atoms with E-state index in [0.717, 1.165) is 12.5 Å². The minimum absolute atomic E-state index is 0. The van der Waals surface area contributed by atoms with Crippen LogP contribution in [0.15, 0.2) is 4.99 Å². The second kappa shape index (κ2) is 8.27. The molecule has 0 radical (unpaired) electrons. The molecule has 21 heavy (non-hydrogen) atoms. The summed E-state index contributed by atoms with van der Waals surface area (Å²) in [7, 11) is 1.92. The van der Waals surface area contributed by atoms with Crippen LogP contribution in [-0.2, 0) is 0 Å². The van der Waals surface area contributed by atoms with Crippen LogP contribution in [0.3, 0.4) is 0 Å². The highest BCUT2D eigenvalue weighted by Gasteiger charge is 2.39. The van der Waals surface area contributed by atoms with Crippen LogP contribution in [-0.4, -0.2) is 48.5 Å². The summed E-state index contributed by atoms with van der Waals surface area (Å²) in [5, 5.41) is 3.58. The molecule has 0 unspecified atom stereocenters. The number of nitrogens with one attached hydrogen (secondary N) is 1.